The number of carboxylic acids is 1. The summed E-state index contributed by atoms with van der Waals surface area (Å²) in [5.41, 5.74) is 5.97. The highest BCUT2D eigenvalue weighted by Crippen LogP contribution is 2.30. The Morgan fingerprint density at radius 1 is 1.38 bits per heavy atom. The summed E-state index contributed by atoms with van der Waals surface area (Å²) in [5, 5.41) is 14.3. The fraction of sp³-hybridized carbons (Fsp3) is 0.500. The van der Waals surface area contributed by atoms with E-state index in [1.54, 1.807) is 0 Å². The zero-order valence-corrected chi connectivity index (χ0v) is 12.0. The van der Waals surface area contributed by atoms with Crippen molar-refractivity contribution < 1.29 is 19.5 Å². The second-order valence-corrected chi connectivity index (χ2v) is 5.82. The third kappa shape index (κ3) is 4.15. The van der Waals surface area contributed by atoms with Gasteiger partial charge in [0.1, 0.15) is 6.04 Å². The summed E-state index contributed by atoms with van der Waals surface area (Å²) >= 11 is 1.40. The summed E-state index contributed by atoms with van der Waals surface area (Å²) in [4.78, 5) is 38.9. The molecule has 1 aromatic heterocycles. The molecule has 1 aliphatic carbocycles. The number of primary amides is 1. The number of rotatable bonds is 6. The van der Waals surface area contributed by atoms with E-state index in [4.69, 9.17) is 10.8 Å². The number of hydrogen-bond donors (Lipinski definition) is 4. The molecule has 114 valence electrons. The van der Waals surface area contributed by atoms with Gasteiger partial charge < -0.3 is 16.2 Å². The number of thiazole rings is 1. The van der Waals surface area contributed by atoms with Crippen LogP contribution in [-0.2, 0) is 22.4 Å². The van der Waals surface area contributed by atoms with Gasteiger partial charge in [0.25, 0.3) is 0 Å². The predicted molar refractivity (Wildman–Crippen MR) is 76.1 cm³/mol. The van der Waals surface area contributed by atoms with E-state index in [0.29, 0.717) is 5.13 Å². The Labute approximate surface area is 124 Å². The topological polar surface area (TPSA) is 134 Å². The Balaban J connectivity index is 1.89. The highest BCUT2D eigenvalue weighted by Gasteiger charge is 2.22. The van der Waals surface area contributed by atoms with Gasteiger partial charge in [0.2, 0.25) is 5.91 Å². The van der Waals surface area contributed by atoms with Crippen LogP contribution in [0.5, 0.6) is 0 Å². The van der Waals surface area contributed by atoms with Gasteiger partial charge in [0.15, 0.2) is 5.13 Å². The average molecular weight is 312 g/mol. The maximum atomic E-state index is 11.8. The summed E-state index contributed by atoms with van der Waals surface area (Å²) in [5.74, 6) is -1.83. The molecule has 0 aliphatic heterocycles. The maximum absolute atomic E-state index is 11.8. The van der Waals surface area contributed by atoms with Crippen molar-refractivity contribution in [3.63, 3.8) is 0 Å². The van der Waals surface area contributed by atoms with Crippen LogP contribution in [0.1, 0.15) is 29.8 Å². The number of aromatic nitrogens is 1. The molecule has 0 bridgehead atoms. The van der Waals surface area contributed by atoms with Gasteiger partial charge >= 0.3 is 12.0 Å². The molecule has 0 spiro atoms. The molecule has 9 heteroatoms. The molecule has 5 N–H and O–H groups in total. The van der Waals surface area contributed by atoms with E-state index in [1.807, 2.05) is 0 Å². The first kappa shape index (κ1) is 15.2. The van der Waals surface area contributed by atoms with E-state index in [1.165, 1.54) is 11.3 Å². The summed E-state index contributed by atoms with van der Waals surface area (Å²) in [7, 11) is 0. The molecule has 0 saturated carbocycles. The van der Waals surface area contributed by atoms with Gasteiger partial charge in [-0.05, 0) is 25.7 Å². The minimum atomic E-state index is -1.21. The Morgan fingerprint density at radius 2 is 2.14 bits per heavy atom. The van der Waals surface area contributed by atoms with Gasteiger partial charge in [0, 0.05) is 11.3 Å². The van der Waals surface area contributed by atoms with Gasteiger partial charge in [-0.25, -0.2) is 14.6 Å². The highest BCUT2D eigenvalue weighted by atomic mass is 32.1. The van der Waals surface area contributed by atoms with Crippen molar-refractivity contribution >= 4 is 34.4 Å². The number of carbonyl (C=O) groups is 3. The van der Waals surface area contributed by atoms with Crippen molar-refractivity contribution in [2.45, 2.75) is 38.1 Å². The molecule has 8 nitrogen and oxygen atoms in total. The van der Waals surface area contributed by atoms with Crippen LogP contribution in [0.2, 0.25) is 0 Å². The first-order valence-electron chi connectivity index (χ1n) is 6.53. The van der Waals surface area contributed by atoms with Gasteiger partial charge in [-0.3, -0.25) is 10.1 Å². The van der Waals surface area contributed by atoms with Crippen molar-refractivity contribution in [1.82, 2.24) is 10.3 Å². The smallest absolute Gasteiger partial charge is 0.326 e. The standard InChI is InChI=1S/C12H16N4O4S/c13-9(17)5-4-7(10(18)19)14-11(20)16-12-15-6-2-1-3-8(6)21-12/h7H,1-5H2,(H2,13,17)(H,18,19)(H2,14,15,16,20). The minimum absolute atomic E-state index is 0.0492. The molecule has 21 heavy (non-hydrogen) atoms. The summed E-state index contributed by atoms with van der Waals surface area (Å²) in [6.45, 7) is 0. The van der Waals surface area contributed by atoms with Crippen molar-refractivity contribution in [3.05, 3.63) is 10.6 Å². The molecular formula is C12H16N4O4S. The molecule has 1 unspecified atom stereocenters. The largest absolute Gasteiger partial charge is 0.480 e. The molecule has 3 amide bonds. The number of anilines is 1. The van der Waals surface area contributed by atoms with Crippen LogP contribution < -0.4 is 16.4 Å². The minimum Gasteiger partial charge on any atom is -0.480 e. The van der Waals surface area contributed by atoms with Crippen LogP contribution in [0.15, 0.2) is 0 Å². The summed E-state index contributed by atoms with van der Waals surface area (Å²) < 4.78 is 0. The number of aliphatic carboxylic acids is 1. The second kappa shape index (κ2) is 6.53. The molecule has 0 saturated heterocycles. The van der Waals surface area contributed by atoms with E-state index in [9.17, 15) is 14.4 Å². The Bertz CT molecular complexity index is 550. The molecule has 1 aromatic rings. The molecule has 0 aromatic carbocycles. The van der Waals surface area contributed by atoms with Gasteiger partial charge in [-0.15, -0.1) is 11.3 Å². The number of carbonyl (C=O) groups excluding carboxylic acids is 2. The van der Waals surface area contributed by atoms with Crippen molar-refractivity contribution in [2.75, 3.05) is 5.32 Å². The number of nitrogens with two attached hydrogens (primary N) is 1. The predicted octanol–water partition coefficient (Wildman–Crippen LogP) is 0.472. The number of hydrogen-bond acceptors (Lipinski definition) is 5. The highest BCUT2D eigenvalue weighted by molar-refractivity contribution is 7.15. The molecule has 0 radical (unpaired) electrons. The van der Waals surface area contributed by atoms with Crippen LogP contribution in [0.4, 0.5) is 9.93 Å². The third-order valence-corrected chi connectivity index (χ3v) is 4.17. The maximum Gasteiger partial charge on any atom is 0.326 e. The Kier molecular flexibility index (Phi) is 4.73. The van der Waals surface area contributed by atoms with Crippen LogP contribution in [0, 0.1) is 0 Å². The van der Waals surface area contributed by atoms with E-state index >= 15 is 0 Å². The average Bonchev–Trinajstić information content (AvgIpc) is 2.94. The SMILES string of the molecule is NC(=O)CCC(NC(=O)Nc1nc2c(s1)CCC2)C(=O)O. The van der Waals surface area contributed by atoms with Crippen molar-refractivity contribution in [2.24, 2.45) is 5.73 Å². The molecular weight excluding hydrogens is 296 g/mol. The summed E-state index contributed by atoms with van der Waals surface area (Å²) in [6, 6.07) is -1.82. The van der Waals surface area contributed by atoms with Crippen LogP contribution in [-0.4, -0.2) is 34.0 Å². The monoisotopic (exact) mass is 312 g/mol. The van der Waals surface area contributed by atoms with Crippen molar-refractivity contribution in [3.8, 4) is 0 Å². The zero-order chi connectivity index (χ0) is 15.4. The van der Waals surface area contributed by atoms with Gasteiger partial charge in [-0.1, -0.05) is 0 Å². The Morgan fingerprint density at radius 3 is 2.76 bits per heavy atom. The molecule has 0 fully saturated rings. The van der Waals surface area contributed by atoms with Crippen LogP contribution >= 0.6 is 11.3 Å². The first-order valence-corrected chi connectivity index (χ1v) is 7.34. The fourth-order valence-electron chi connectivity index (χ4n) is 2.08. The van der Waals surface area contributed by atoms with E-state index in [2.05, 4.69) is 15.6 Å². The first-order chi connectivity index (χ1) is 9.95. The fourth-order valence-corrected chi connectivity index (χ4v) is 3.12. The zero-order valence-electron chi connectivity index (χ0n) is 11.2. The summed E-state index contributed by atoms with van der Waals surface area (Å²) in [6.07, 6.45) is 2.79. The number of urea groups is 1. The normalized spacial score (nSPS) is 14.3. The molecule has 1 atom stereocenters. The lowest BCUT2D eigenvalue weighted by Gasteiger charge is -2.13. The van der Waals surface area contributed by atoms with E-state index < -0.39 is 23.9 Å². The Hall–Kier alpha value is -2.16. The van der Waals surface area contributed by atoms with Crippen molar-refractivity contribution in [1.29, 1.82) is 0 Å². The molecule has 2 rings (SSSR count). The number of aryl methyl sites for hydroxylation is 2. The number of carboxylic acid groups (broad SMARTS) is 1. The number of fused-ring (bicyclic) bond motifs is 1. The van der Waals surface area contributed by atoms with E-state index in [-0.39, 0.29) is 12.8 Å². The van der Waals surface area contributed by atoms with Gasteiger partial charge in [-0.2, -0.15) is 0 Å². The lowest BCUT2D eigenvalue weighted by Crippen LogP contribution is -2.43. The van der Waals surface area contributed by atoms with Crippen LogP contribution in [0.25, 0.3) is 0 Å². The second-order valence-electron chi connectivity index (χ2n) is 4.74. The quantitative estimate of drug-likeness (QED) is 0.605. The lowest BCUT2D eigenvalue weighted by molar-refractivity contribution is -0.139. The van der Waals surface area contributed by atoms with E-state index in [0.717, 1.165) is 29.8 Å². The number of nitrogens with zero attached hydrogens (tertiary/aromatic N) is 1. The molecule has 1 heterocycles. The van der Waals surface area contributed by atoms with Crippen LogP contribution in [0.3, 0.4) is 0 Å². The molecule has 1 aliphatic rings. The number of amides is 3. The third-order valence-electron chi connectivity index (χ3n) is 3.10. The van der Waals surface area contributed by atoms with Gasteiger partial charge in [0.05, 0.1) is 5.69 Å². The lowest BCUT2D eigenvalue weighted by atomic mass is 10.1. The number of nitrogens with one attached hydrogen (secondary N) is 2.